The summed E-state index contributed by atoms with van der Waals surface area (Å²) in [6.07, 6.45) is 4.70. The van der Waals surface area contributed by atoms with Gasteiger partial charge in [0, 0.05) is 17.6 Å². The quantitative estimate of drug-likeness (QED) is 0.806. The van der Waals surface area contributed by atoms with Crippen LogP contribution in [0.2, 0.25) is 0 Å². The highest BCUT2D eigenvalue weighted by Gasteiger charge is 2.30. The number of hydrogen-bond acceptors (Lipinski definition) is 2. The molecule has 0 bridgehead atoms. The SMILES string of the molecule is Cc1nc(-c2ccccc2)ccc1C(=O)N(C(C)C)C1CCCC1. The van der Waals surface area contributed by atoms with Gasteiger partial charge in [0.1, 0.15) is 0 Å². The number of rotatable bonds is 4. The van der Waals surface area contributed by atoms with Crippen molar-refractivity contribution in [3.05, 3.63) is 53.7 Å². The molecule has 1 heterocycles. The highest BCUT2D eigenvalue weighted by atomic mass is 16.2. The molecule has 0 spiro atoms. The van der Waals surface area contributed by atoms with Gasteiger partial charge in [0.15, 0.2) is 0 Å². The fourth-order valence-corrected chi connectivity index (χ4v) is 3.70. The van der Waals surface area contributed by atoms with E-state index in [1.165, 1.54) is 12.8 Å². The maximum Gasteiger partial charge on any atom is 0.256 e. The van der Waals surface area contributed by atoms with Crippen molar-refractivity contribution >= 4 is 5.91 Å². The molecule has 1 aliphatic carbocycles. The van der Waals surface area contributed by atoms with Crippen molar-refractivity contribution in [2.75, 3.05) is 0 Å². The van der Waals surface area contributed by atoms with Crippen LogP contribution in [0.5, 0.6) is 0 Å². The first kappa shape index (κ1) is 16.7. The van der Waals surface area contributed by atoms with Gasteiger partial charge in [0.25, 0.3) is 5.91 Å². The molecule has 126 valence electrons. The number of hydrogen-bond donors (Lipinski definition) is 0. The number of aromatic nitrogens is 1. The van der Waals surface area contributed by atoms with Crippen molar-refractivity contribution in [2.45, 2.75) is 58.5 Å². The van der Waals surface area contributed by atoms with Gasteiger partial charge in [-0.15, -0.1) is 0 Å². The molecule has 1 aliphatic rings. The lowest BCUT2D eigenvalue weighted by atomic mass is 10.1. The van der Waals surface area contributed by atoms with Gasteiger partial charge in [0.05, 0.1) is 17.0 Å². The molecule has 2 aromatic rings. The molecule has 0 saturated heterocycles. The van der Waals surface area contributed by atoms with Crippen LogP contribution >= 0.6 is 0 Å². The Morgan fingerprint density at radius 2 is 1.75 bits per heavy atom. The van der Waals surface area contributed by atoms with E-state index >= 15 is 0 Å². The van der Waals surface area contributed by atoms with Gasteiger partial charge in [0.2, 0.25) is 0 Å². The van der Waals surface area contributed by atoms with Crippen molar-refractivity contribution in [3.63, 3.8) is 0 Å². The summed E-state index contributed by atoms with van der Waals surface area (Å²) in [5.41, 5.74) is 3.54. The zero-order valence-electron chi connectivity index (χ0n) is 14.8. The summed E-state index contributed by atoms with van der Waals surface area (Å²) in [7, 11) is 0. The van der Waals surface area contributed by atoms with E-state index in [-0.39, 0.29) is 11.9 Å². The molecule has 0 aliphatic heterocycles. The monoisotopic (exact) mass is 322 g/mol. The molecule has 24 heavy (non-hydrogen) atoms. The summed E-state index contributed by atoms with van der Waals surface area (Å²) in [5, 5.41) is 0. The van der Waals surface area contributed by atoms with Crippen molar-refractivity contribution in [1.82, 2.24) is 9.88 Å². The second-order valence-electron chi connectivity index (χ2n) is 6.94. The Balaban J connectivity index is 1.89. The molecule has 0 unspecified atom stereocenters. The minimum Gasteiger partial charge on any atom is -0.333 e. The molecule has 3 nitrogen and oxygen atoms in total. The zero-order valence-corrected chi connectivity index (χ0v) is 14.8. The van der Waals surface area contributed by atoms with Crippen molar-refractivity contribution in [2.24, 2.45) is 0 Å². The summed E-state index contributed by atoms with van der Waals surface area (Å²) in [4.78, 5) is 19.9. The second-order valence-corrected chi connectivity index (χ2v) is 6.94. The standard InChI is InChI=1S/C21H26N2O/c1-15(2)23(18-11-7-8-12-18)21(24)19-13-14-20(22-16(19)3)17-9-5-4-6-10-17/h4-6,9-10,13-15,18H,7-8,11-12H2,1-3H3. The molecular weight excluding hydrogens is 296 g/mol. The molecule has 0 N–H and O–H groups in total. The van der Waals surface area contributed by atoms with E-state index < -0.39 is 0 Å². The zero-order chi connectivity index (χ0) is 17.1. The number of carbonyl (C=O) groups is 1. The smallest absolute Gasteiger partial charge is 0.256 e. The minimum absolute atomic E-state index is 0.126. The van der Waals surface area contributed by atoms with Gasteiger partial charge in [-0.1, -0.05) is 43.2 Å². The van der Waals surface area contributed by atoms with E-state index in [1.54, 1.807) is 0 Å². The van der Waals surface area contributed by atoms with Crippen molar-refractivity contribution in [1.29, 1.82) is 0 Å². The van der Waals surface area contributed by atoms with Gasteiger partial charge in [-0.2, -0.15) is 0 Å². The third-order valence-corrected chi connectivity index (χ3v) is 4.89. The molecule has 0 atom stereocenters. The second kappa shape index (κ2) is 7.16. The van der Waals surface area contributed by atoms with E-state index in [0.29, 0.717) is 6.04 Å². The van der Waals surface area contributed by atoms with Crippen molar-refractivity contribution < 1.29 is 4.79 Å². The summed E-state index contributed by atoms with van der Waals surface area (Å²) in [6, 6.07) is 14.6. The molecule has 1 amide bonds. The largest absolute Gasteiger partial charge is 0.333 e. The lowest BCUT2D eigenvalue weighted by Gasteiger charge is -2.33. The Kier molecular flexibility index (Phi) is 4.98. The summed E-state index contributed by atoms with van der Waals surface area (Å²) >= 11 is 0. The first-order valence-electron chi connectivity index (χ1n) is 8.93. The van der Waals surface area contributed by atoms with Crippen molar-refractivity contribution in [3.8, 4) is 11.3 Å². The average molecular weight is 322 g/mol. The Labute approximate surface area is 144 Å². The number of nitrogens with zero attached hydrogens (tertiary/aromatic N) is 2. The third kappa shape index (κ3) is 3.35. The summed E-state index contributed by atoms with van der Waals surface area (Å²) in [6.45, 7) is 6.15. The fourth-order valence-electron chi connectivity index (χ4n) is 3.70. The van der Waals surface area contributed by atoms with Crippen LogP contribution in [0.15, 0.2) is 42.5 Å². The predicted octanol–water partition coefficient (Wildman–Crippen LogP) is 4.85. The molecule has 1 saturated carbocycles. The van der Waals surface area contributed by atoms with Gasteiger partial charge in [-0.05, 0) is 45.7 Å². The van der Waals surface area contributed by atoms with E-state index in [0.717, 1.165) is 35.4 Å². The van der Waals surface area contributed by atoms with Gasteiger partial charge in [-0.3, -0.25) is 9.78 Å². The van der Waals surface area contributed by atoms with Crippen LogP contribution in [0.1, 0.15) is 55.6 Å². The van der Waals surface area contributed by atoms with E-state index in [1.807, 2.05) is 49.4 Å². The van der Waals surface area contributed by atoms with Gasteiger partial charge in [-0.25, -0.2) is 0 Å². The number of benzene rings is 1. The van der Waals surface area contributed by atoms with Crippen LogP contribution in [0.4, 0.5) is 0 Å². The lowest BCUT2D eigenvalue weighted by Crippen LogP contribution is -2.44. The highest BCUT2D eigenvalue weighted by molar-refractivity contribution is 5.96. The van der Waals surface area contributed by atoms with Crippen LogP contribution in [-0.4, -0.2) is 27.9 Å². The van der Waals surface area contributed by atoms with Crippen LogP contribution in [0, 0.1) is 6.92 Å². The molecule has 1 aromatic carbocycles. The van der Waals surface area contributed by atoms with Crippen LogP contribution in [-0.2, 0) is 0 Å². The molecule has 3 rings (SSSR count). The number of carbonyl (C=O) groups excluding carboxylic acids is 1. The Hall–Kier alpha value is -2.16. The topological polar surface area (TPSA) is 33.2 Å². The Bertz CT molecular complexity index is 703. The number of aryl methyl sites for hydroxylation is 1. The average Bonchev–Trinajstić information content (AvgIpc) is 3.09. The Morgan fingerprint density at radius 1 is 1.08 bits per heavy atom. The third-order valence-electron chi connectivity index (χ3n) is 4.89. The normalized spacial score (nSPS) is 15.0. The lowest BCUT2D eigenvalue weighted by molar-refractivity contribution is 0.0612. The van der Waals surface area contributed by atoms with E-state index in [2.05, 4.69) is 23.7 Å². The van der Waals surface area contributed by atoms with Gasteiger partial charge < -0.3 is 4.90 Å². The first-order chi connectivity index (χ1) is 11.6. The highest BCUT2D eigenvalue weighted by Crippen LogP contribution is 2.28. The fraction of sp³-hybridized carbons (Fsp3) is 0.429. The van der Waals surface area contributed by atoms with Crippen LogP contribution in [0.25, 0.3) is 11.3 Å². The predicted molar refractivity (Wildman–Crippen MR) is 98.0 cm³/mol. The first-order valence-corrected chi connectivity index (χ1v) is 8.93. The van der Waals surface area contributed by atoms with Crippen LogP contribution < -0.4 is 0 Å². The number of amides is 1. The summed E-state index contributed by atoms with van der Waals surface area (Å²) in [5.74, 6) is 0.126. The molecule has 1 aromatic heterocycles. The maximum atomic E-state index is 13.1. The maximum absolute atomic E-state index is 13.1. The molecular formula is C21H26N2O. The molecule has 0 radical (unpaired) electrons. The molecule has 1 fully saturated rings. The molecule has 3 heteroatoms. The Morgan fingerprint density at radius 3 is 2.33 bits per heavy atom. The van der Waals surface area contributed by atoms with E-state index in [4.69, 9.17) is 0 Å². The van der Waals surface area contributed by atoms with Gasteiger partial charge >= 0.3 is 0 Å². The number of pyridine rings is 1. The van der Waals surface area contributed by atoms with E-state index in [9.17, 15) is 4.79 Å². The minimum atomic E-state index is 0.126. The van der Waals surface area contributed by atoms with Crippen LogP contribution in [0.3, 0.4) is 0 Å². The summed E-state index contributed by atoms with van der Waals surface area (Å²) < 4.78 is 0.